The highest BCUT2D eigenvalue weighted by Crippen LogP contribution is 2.28. The first-order valence-electron chi connectivity index (χ1n) is 6.88. The topological polar surface area (TPSA) is 32.3 Å². The van der Waals surface area contributed by atoms with Crippen molar-refractivity contribution < 1.29 is 4.79 Å². The van der Waals surface area contributed by atoms with Crippen LogP contribution in [0.1, 0.15) is 22.8 Å². The highest BCUT2D eigenvalue weighted by atomic mass is 35.5. The Morgan fingerprint density at radius 3 is 2.38 bits per heavy atom. The van der Waals surface area contributed by atoms with E-state index in [1.54, 1.807) is 6.07 Å². The van der Waals surface area contributed by atoms with E-state index in [0.717, 1.165) is 12.1 Å². The standard InChI is InChI=1S/C17H19ClN2O/c1-4-12-5-7-13(8-6-12)17(21)19-15-11-14(18)9-10-16(15)20(2)3/h5-11H,4H2,1-3H3,(H,19,21). The number of rotatable bonds is 4. The van der Waals surface area contributed by atoms with E-state index in [-0.39, 0.29) is 5.91 Å². The number of anilines is 2. The number of amides is 1. The SMILES string of the molecule is CCc1ccc(C(=O)Nc2cc(Cl)ccc2N(C)C)cc1. The third kappa shape index (κ3) is 3.76. The molecular formula is C17H19ClN2O. The van der Waals surface area contributed by atoms with Gasteiger partial charge in [-0.1, -0.05) is 30.7 Å². The molecule has 0 saturated heterocycles. The van der Waals surface area contributed by atoms with E-state index >= 15 is 0 Å². The predicted octanol–water partition coefficient (Wildman–Crippen LogP) is 4.22. The van der Waals surface area contributed by atoms with Gasteiger partial charge in [0.25, 0.3) is 5.91 Å². The molecule has 0 radical (unpaired) electrons. The molecule has 0 unspecified atom stereocenters. The van der Waals surface area contributed by atoms with Gasteiger partial charge >= 0.3 is 0 Å². The number of benzene rings is 2. The Morgan fingerprint density at radius 1 is 1.14 bits per heavy atom. The molecule has 0 heterocycles. The number of carbonyl (C=O) groups is 1. The van der Waals surface area contributed by atoms with Crippen LogP contribution in [0.5, 0.6) is 0 Å². The maximum atomic E-state index is 12.3. The number of hydrogen-bond acceptors (Lipinski definition) is 2. The van der Waals surface area contributed by atoms with Crippen LogP contribution < -0.4 is 10.2 Å². The zero-order valence-electron chi connectivity index (χ0n) is 12.5. The van der Waals surface area contributed by atoms with Crippen LogP contribution in [0.3, 0.4) is 0 Å². The summed E-state index contributed by atoms with van der Waals surface area (Å²) in [6, 6.07) is 13.1. The van der Waals surface area contributed by atoms with Crippen molar-refractivity contribution in [1.82, 2.24) is 0 Å². The summed E-state index contributed by atoms with van der Waals surface area (Å²) in [6.07, 6.45) is 0.959. The molecule has 110 valence electrons. The first-order chi connectivity index (χ1) is 10.0. The van der Waals surface area contributed by atoms with Crippen molar-refractivity contribution in [3.05, 3.63) is 58.6 Å². The Kier molecular flexibility index (Phi) is 4.86. The monoisotopic (exact) mass is 302 g/mol. The Labute approximate surface area is 130 Å². The zero-order valence-corrected chi connectivity index (χ0v) is 13.2. The highest BCUT2D eigenvalue weighted by molar-refractivity contribution is 6.31. The average molecular weight is 303 g/mol. The van der Waals surface area contributed by atoms with Gasteiger partial charge in [0.05, 0.1) is 11.4 Å². The van der Waals surface area contributed by atoms with Gasteiger partial charge < -0.3 is 10.2 Å². The lowest BCUT2D eigenvalue weighted by Crippen LogP contribution is -2.16. The summed E-state index contributed by atoms with van der Waals surface area (Å²) < 4.78 is 0. The van der Waals surface area contributed by atoms with E-state index in [1.165, 1.54) is 5.56 Å². The molecule has 1 N–H and O–H groups in total. The first kappa shape index (κ1) is 15.4. The molecule has 0 bridgehead atoms. The fourth-order valence-corrected chi connectivity index (χ4v) is 2.26. The summed E-state index contributed by atoms with van der Waals surface area (Å²) in [4.78, 5) is 14.3. The van der Waals surface area contributed by atoms with Gasteiger partial charge in [-0.05, 0) is 42.3 Å². The lowest BCUT2D eigenvalue weighted by atomic mass is 10.1. The Bertz CT molecular complexity index is 636. The van der Waals surface area contributed by atoms with Gasteiger partial charge in [0.15, 0.2) is 0 Å². The van der Waals surface area contributed by atoms with Gasteiger partial charge in [-0.3, -0.25) is 4.79 Å². The fourth-order valence-electron chi connectivity index (χ4n) is 2.08. The molecule has 21 heavy (non-hydrogen) atoms. The van der Waals surface area contributed by atoms with E-state index < -0.39 is 0 Å². The summed E-state index contributed by atoms with van der Waals surface area (Å²) >= 11 is 6.02. The van der Waals surface area contributed by atoms with E-state index in [4.69, 9.17) is 11.6 Å². The fraction of sp³-hybridized carbons (Fsp3) is 0.235. The predicted molar refractivity (Wildman–Crippen MR) is 89.6 cm³/mol. The molecule has 0 aliphatic rings. The van der Waals surface area contributed by atoms with Crippen molar-refractivity contribution in [2.24, 2.45) is 0 Å². The second kappa shape index (κ2) is 6.64. The summed E-state index contributed by atoms with van der Waals surface area (Å²) in [5.41, 5.74) is 3.47. The maximum Gasteiger partial charge on any atom is 0.255 e. The van der Waals surface area contributed by atoms with Gasteiger partial charge in [0.2, 0.25) is 0 Å². The Balaban J connectivity index is 2.24. The van der Waals surface area contributed by atoms with Crippen molar-refractivity contribution in [2.45, 2.75) is 13.3 Å². The minimum absolute atomic E-state index is 0.136. The summed E-state index contributed by atoms with van der Waals surface area (Å²) in [5, 5.41) is 3.52. The van der Waals surface area contributed by atoms with Crippen molar-refractivity contribution in [3.63, 3.8) is 0 Å². The summed E-state index contributed by atoms with van der Waals surface area (Å²) in [5.74, 6) is -0.136. The van der Waals surface area contributed by atoms with Crippen molar-refractivity contribution in [3.8, 4) is 0 Å². The molecule has 1 amide bonds. The third-order valence-corrected chi connectivity index (χ3v) is 3.55. The smallest absolute Gasteiger partial charge is 0.255 e. The van der Waals surface area contributed by atoms with Crippen LogP contribution in [0.4, 0.5) is 11.4 Å². The van der Waals surface area contributed by atoms with Gasteiger partial charge in [-0.2, -0.15) is 0 Å². The van der Waals surface area contributed by atoms with Crippen molar-refractivity contribution >= 4 is 28.9 Å². The molecule has 2 aromatic rings. The van der Waals surface area contributed by atoms with E-state index in [9.17, 15) is 4.79 Å². The number of halogens is 1. The normalized spacial score (nSPS) is 10.3. The Morgan fingerprint density at radius 2 is 1.81 bits per heavy atom. The second-order valence-electron chi connectivity index (χ2n) is 5.06. The van der Waals surface area contributed by atoms with Crippen LogP contribution >= 0.6 is 11.6 Å². The molecule has 0 aliphatic carbocycles. The van der Waals surface area contributed by atoms with Crippen molar-refractivity contribution in [1.29, 1.82) is 0 Å². The lowest BCUT2D eigenvalue weighted by molar-refractivity contribution is 0.102. The maximum absolute atomic E-state index is 12.3. The summed E-state index contributed by atoms with van der Waals surface area (Å²) in [6.45, 7) is 2.09. The number of aryl methyl sites for hydroxylation is 1. The molecule has 0 spiro atoms. The van der Waals surface area contributed by atoms with Gasteiger partial charge in [0.1, 0.15) is 0 Å². The summed E-state index contributed by atoms with van der Waals surface area (Å²) in [7, 11) is 3.85. The van der Waals surface area contributed by atoms with Crippen LogP contribution in [0.2, 0.25) is 5.02 Å². The van der Waals surface area contributed by atoms with Gasteiger partial charge in [-0.15, -0.1) is 0 Å². The number of hydrogen-bond donors (Lipinski definition) is 1. The van der Waals surface area contributed by atoms with Crippen molar-refractivity contribution in [2.75, 3.05) is 24.3 Å². The zero-order chi connectivity index (χ0) is 15.4. The van der Waals surface area contributed by atoms with Crippen LogP contribution in [0.25, 0.3) is 0 Å². The molecule has 0 atom stereocenters. The van der Waals surface area contributed by atoms with Crippen LogP contribution in [0.15, 0.2) is 42.5 Å². The second-order valence-corrected chi connectivity index (χ2v) is 5.50. The number of nitrogens with one attached hydrogen (secondary N) is 1. The van der Waals surface area contributed by atoms with Gasteiger partial charge in [-0.25, -0.2) is 0 Å². The lowest BCUT2D eigenvalue weighted by Gasteiger charge is -2.18. The third-order valence-electron chi connectivity index (χ3n) is 3.31. The molecule has 3 nitrogen and oxygen atoms in total. The van der Waals surface area contributed by atoms with E-state index in [2.05, 4.69) is 12.2 Å². The molecule has 4 heteroatoms. The van der Waals surface area contributed by atoms with E-state index in [1.807, 2.05) is 55.4 Å². The minimum atomic E-state index is -0.136. The molecule has 2 rings (SSSR count). The van der Waals surface area contributed by atoms with Crippen LogP contribution in [-0.4, -0.2) is 20.0 Å². The Hall–Kier alpha value is -2.00. The van der Waals surface area contributed by atoms with Crippen LogP contribution in [-0.2, 0) is 6.42 Å². The quantitative estimate of drug-likeness (QED) is 0.917. The van der Waals surface area contributed by atoms with Crippen LogP contribution in [0, 0.1) is 0 Å². The minimum Gasteiger partial charge on any atom is -0.376 e. The first-order valence-corrected chi connectivity index (χ1v) is 7.26. The average Bonchev–Trinajstić information content (AvgIpc) is 2.47. The largest absolute Gasteiger partial charge is 0.376 e. The van der Waals surface area contributed by atoms with E-state index in [0.29, 0.717) is 16.3 Å². The molecule has 0 fully saturated rings. The molecular weight excluding hydrogens is 284 g/mol. The highest BCUT2D eigenvalue weighted by Gasteiger charge is 2.11. The van der Waals surface area contributed by atoms with Gasteiger partial charge in [0, 0.05) is 24.7 Å². The molecule has 0 saturated carbocycles. The molecule has 0 aliphatic heterocycles. The number of carbonyl (C=O) groups excluding carboxylic acids is 1. The number of nitrogens with zero attached hydrogens (tertiary/aromatic N) is 1. The molecule has 0 aromatic heterocycles. The molecule has 2 aromatic carbocycles.